The average molecular weight is 228 g/mol. The lowest BCUT2D eigenvalue weighted by atomic mass is 10.0. The Hall–Kier alpha value is -1.26. The van der Waals surface area contributed by atoms with E-state index in [-0.39, 0.29) is 11.6 Å². The summed E-state index contributed by atoms with van der Waals surface area (Å²) in [6, 6.07) is -0.926. The molecule has 5 heteroatoms. The van der Waals surface area contributed by atoms with Gasteiger partial charge in [-0.3, -0.25) is 0 Å². The van der Waals surface area contributed by atoms with Crippen molar-refractivity contribution in [3.63, 3.8) is 0 Å². The number of urea groups is 1. The second-order valence-electron chi connectivity index (χ2n) is 4.86. The predicted octanol–water partition coefficient (Wildman–Crippen LogP) is 1.43. The highest BCUT2D eigenvalue weighted by Crippen LogP contribution is 2.18. The normalized spacial score (nSPS) is 20.9. The molecule has 1 saturated heterocycles. The molecule has 1 rings (SSSR count). The Balaban J connectivity index is 2.63. The van der Waals surface area contributed by atoms with E-state index in [9.17, 15) is 9.59 Å². The van der Waals surface area contributed by atoms with E-state index in [1.54, 1.807) is 0 Å². The highest BCUT2D eigenvalue weighted by molar-refractivity contribution is 5.83. The molecule has 1 heterocycles. The average Bonchev–Trinajstić information content (AvgIpc) is 2.65. The third kappa shape index (κ3) is 2.87. The standard InChI is InChI=1S/C11H20N2O3/c1-4-11(2,3)12-10(16)13-7-5-6-8(13)9(14)15/h8H,4-7H2,1-3H3,(H,12,16)(H,14,15). The number of hydrogen-bond donors (Lipinski definition) is 2. The van der Waals surface area contributed by atoms with Crippen molar-refractivity contribution >= 4 is 12.0 Å². The Kier molecular flexibility index (Phi) is 3.78. The molecule has 1 aliphatic heterocycles. The van der Waals surface area contributed by atoms with E-state index in [0.29, 0.717) is 13.0 Å². The maximum absolute atomic E-state index is 11.9. The first-order chi connectivity index (χ1) is 7.37. The first-order valence-electron chi connectivity index (χ1n) is 5.69. The second-order valence-corrected chi connectivity index (χ2v) is 4.86. The predicted molar refractivity (Wildman–Crippen MR) is 60.3 cm³/mol. The van der Waals surface area contributed by atoms with Gasteiger partial charge in [-0.1, -0.05) is 6.92 Å². The van der Waals surface area contributed by atoms with Gasteiger partial charge in [0.2, 0.25) is 0 Å². The molecule has 1 atom stereocenters. The number of hydrogen-bond acceptors (Lipinski definition) is 2. The number of carboxylic acids is 1. The van der Waals surface area contributed by atoms with Crippen LogP contribution < -0.4 is 5.32 Å². The van der Waals surface area contributed by atoms with E-state index in [1.807, 2.05) is 20.8 Å². The number of carboxylic acid groups (broad SMARTS) is 1. The fraction of sp³-hybridized carbons (Fsp3) is 0.818. The number of nitrogens with one attached hydrogen (secondary N) is 1. The molecule has 16 heavy (non-hydrogen) atoms. The maximum Gasteiger partial charge on any atom is 0.326 e. The Labute approximate surface area is 95.8 Å². The summed E-state index contributed by atoms with van der Waals surface area (Å²) < 4.78 is 0. The largest absolute Gasteiger partial charge is 0.480 e. The van der Waals surface area contributed by atoms with Crippen LogP contribution in [-0.2, 0) is 4.79 Å². The first kappa shape index (κ1) is 12.8. The zero-order chi connectivity index (χ0) is 12.3. The summed E-state index contributed by atoms with van der Waals surface area (Å²) in [5, 5.41) is 11.8. The molecular weight excluding hydrogens is 208 g/mol. The molecule has 2 N–H and O–H groups in total. The van der Waals surface area contributed by atoms with E-state index >= 15 is 0 Å². The summed E-state index contributed by atoms with van der Waals surface area (Å²) in [5.41, 5.74) is -0.289. The number of likely N-dealkylation sites (tertiary alicyclic amines) is 1. The molecule has 0 aromatic heterocycles. The lowest BCUT2D eigenvalue weighted by Gasteiger charge is -2.29. The molecule has 92 valence electrons. The van der Waals surface area contributed by atoms with Crippen molar-refractivity contribution in [3.05, 3.63) is 0 Å². The number of amides is 2. The van der Waals surface area contributed by atoms with Crippen LogP contribution in [-0.4, -0.2) is 40.1 Å². The van der Waals surface area contributed by atoms with Crippen molar-refractivity contribution in [1.29, 1.82) is 0 Å². The molecule has 0 aromatic rings. The Morgan fingerprint density at radius 1 is 1.50 bits per heavy atom. The monoisotopic (exact) mass is 228 g/mol. The van der Waals surface area contributed by atoms with E-state index < -0.39 is 12.0 Å². The van der Waals surface area contributed by atoms with Gasteiger partial charge in [0.1, 0.15) is 6.04 Å². The third-order valence-electron chi connectivity index (χ3n) is 3.13. The lowest BCUT2D eigenvalue weighted by Crippen LogP contribution is -2.52. The smallest absolute Gasteiger partial charge is 0.326 e. The summed E-state index contributed by atoms with van der Waals surface area (Å²) in [4.78, 5) is 24.2. The summed E-state index contributed by atoms with van der Waals surface area (Å²) >= 11 is 0. The second kappa shape index (κ2) is 4.72. The minimum Gasteiger partial charge on any atom is -0.480 e. The number of aliphatic carboxylic acids is 1. The van der Waals surface area contributed by atoms with Crippen LogP contribution in [0.3, 0.4) is 0 Å². The van der Waals surface area contributed by atoms with Crippen molar-refractivity contribution in [1.82, 2.24) is 10.2 Å². The fourth-order valence-electron chi connectivity index (χ4n) is 1.72. The summed E-state index contributed by atoms with van der Waals surface area (Å²) in [7, 11) is 0. The van der Waals surface area contributed by atoms with Gasteiger partial charge < -0.3 is 15.3 Å². The van der Waals surface area contributed by atoms with Gasteiger partial charge in [-0.15, -0.1) is 0 Å². The zero-order valence-electron chi connectivity index (χ0n) is 10.1. The highest BCUT2D eigenvalue weighted by Gasteiger charge is 2.35. The molecular formula is C11H20N2O3. The molecule has 0 bridgehead atoms. The van der Waals surface area contributed by atoms with Gasteiger partial charge in [-0.05, 0) is 33.1 Å². The molecule has 5 nitrogen and oxygen atoms in total. The fourth-order valence-corrected chi connectivity index (χ4v) is 1.72. The number of carbonyl (C=O) groups excluding carboxylic acids is 1. The van der Waals surface area contributed by atoms with E-state index in [4.69, 9.17) is 5.11 Å². The van der Waals surface area contributed by atoms with E-state index in [2.05, 4.69) is 5.32 Å². The van der Waals surface area contributed by atoms with Crippen LogP contribution in [0, 0.1) is 0 Å². The molecule has 0 saturated carbocycles. The van der Waals surface area contributed by atoms with Crippen molar-refractivity contribution in [3.8, 4) is 0 Å². The van der Waals surface area contributed by atoms with Crippen molar-refractivity contribution in [2.75, 3.05) is 6.54 Å². The molecule has 0 aliphatic carbocycles. The summed E-state index contributed by atoms with van der Waals surface area (Å²) in [5.74, 6) is -0.915. The minimum atomic E-state index is -0.915. The topological polar surface area (TPSA) is 69.6 Å². The molecule has 1 aliphatic rings. The molecule has 1 fully saturated rings. The van der Waals surface area contributed by atoms with Crippen LogP contribution in [0.2, 0.25) is 0 Å². The van der Waals surface area contributed by atoms with Crippen LogP contribution >= 0.6 is 0 Å². The van der Waals surface area contributed by atoms with Crippen LogP contribution in [0.1, 0.15) is 40.0 Å². The molecule has 0 radical (unpaired) electrons. The van der Waals surface area contributed by atoms with Gasteiger partial charge in [-0.25, -0.2) is 9.59 Å². The van der Waals surface area contributed by atoms with Crippen molar-refractivity contribution < 1.29 is 14.7 Å². The molecule has 0 spiro atoms. The third-order valence-corrected chi connectivity index (χ3v) is 3.13. The number of carbonyl (C=O) groups is 2. The van der Waals surface area contributed by atoms with Crippen molar-refractivity contribution in [2.45, 2.75) is 51.6 Å². The van der Waals surface area contributed by atoms with E-state index in [0.717, 1.165) is 12.8 Å². The maximum atomic E-state index is 11.9. The van der Waals surface area contributed by atoms with Gasteiger partial charge in [0.05, 0.1) is 0 Å². The Bertz CT molecular complexity index is 289. The Morgan fingerprint density at radius 3 is 2.62 bits per heavy atom. The quantitative estimate of drug-likeness (QED) is 0.767. The van der Waals surface area contributed by atoms with Crippen LogP contribution in [0.15, 0.2) is 0 Å². The summed E-state index contributed by atoms with van der Waals surface area (Å²) in [6.45, 7) is 6.37. The zero-order valence-corrected chi connectivity index (χ0v) is 10.1. The number of rotatable bonds is 3. The van der Waals surface area contributed by atoms with Crippen LogP contribution in [0.5, 0.6) is 0 Å². The highest BCUT2D eigenvalue weighted by atomic mass is 16.4. The summed E-state index contributed by atoms with van der Waals surface area (Å²) in [6.07, 6.45) is 2.12. The lowest BCUT2D eigenvalue weighted by molar-refractivity contribution is -0.141. The van der Waals surface area contributed by atoms with E-state index in [1.165, 1.54) is 4.90 Å². The minimum absolute atomic E-state index is 0.267. The molecule has 0 aromatic carbocycles. The van der Waals surface area contributed by atoms with Gasteiger partial charge >= 0.3 is 12.0 Å². The van der Waals surface area contributed by atoms with Crippen LogP contribution in [0.25, 0.3) is 0 Å². The molecule has 2 amide bonds. The molecule has 1 unspecified atom stereocenters. The van der Waals surface area contributed by atoms with Crippen LogP contribution in [0.4, 0.5) is 4.79 Å². The van der Waals surface area contributed by atoms with Gasteiger partial charge in [-0.2, -0.15) is 0 Å². The van der Waals surface area contributed by atoms with Gasteiger partial charge in [0, 0.05) is 12.1 Å². The van der Waals surface area contributed by atoms with Gasteiger partial charge in [0.25, 0.3) is 0 Å². The van der Waals surface area contributed by atoms with Gasteiger partial charge in [0.15, 0.2) is 0 Å². The Morgan fingerprint density at radius 2 is 2.12 bits per heavy atom. The number of nitrogens with zero attached hydrogens (tertiary/aromatic N) is 1. The SMILES string of the molecule is CCC(C)(C)NC(=O)N1CCCC1C(=O)O. The van der Waals surface area contributed by atoms with Crippen molar-refractivity contribution in [2.24, 2.45) is 0 Å². The first-order valence-corrected chi connectivity index (χ1v) is 5.69.